The summed E-state index contributed by atoms with van der Waals surface area (Å²) in [6.45, 7) is 0. The van der Waals surface area contributed by atoms with Gasteiger partial charge in [0.05, 0.1) is 18.9 Å². The molecule has 3 N–H and O–H groups in total. The molecule has 0 aliphatic heterocycles. The van der Waals surface area contributed by atoms with E-state index in [2.05, 4.69) is 10.6 Å². The number of halogens is 1. The van der Waals surface area contributed by atoms with Crippen LogP contribution in [0.3, 0.4) is 0 Å². The number of carbonyl (C=O) groups excluding carboxylic acids is 1. The lowest BCUT2D eigenvalue weighted by molar-refractivity contribution is 0.118. The fourth-order valence-electron chi connectivity index (χ4n) is 2.29. The normalized spacial score (nSPS) is 22.1. The summed E-state index contributed by atoms with van der Waals surface area (Å²) < 4.78 is 18.6. The van der Waals surface area contributed by atoms with Gasteiger partial charge in [0.25, 0.3) is 0 Å². The summed E-state index contributed by atoms with van der Waals surface area (Å²) in [6.07, 6.45) is 2.55. The van der Waals surface area contributed by atoms with Crippen molar-refractivity contribution in [3.63, 3.8) is 0 Å². The molecule has 0 aromatic heterocycles. The smallest absolute Gasteiger partial charge is 0.319 e. The van der Waals surface area contributed by atoms with E-state index >= 15 is 0 Å². The number of hydrogen-bond acceptors (Lipinski definition) is 3. The van der Waals surface area contributed by atoms with Gasteiger partial charge in [0.1, 0.15) is 11.6 Å². The molecular weight excluding hydrogens is 263 g/mol. The second kappa shape index (κ2) is 6.56. The predicted octanol–water partition coefficient (Wildman–Crippen LogP) is 2.26. The van der Waals surface area contributed by atoms with Crippen molar-refractivity contribution in [2.24, 2.45) is 0 Å². The van der Waals surface area contributed by atoms with Gasteiger partial charge in [-0.3, -0.25) is 0 Å². The molecule has 0 unspecified atom stereocenters. The summed E-state index contributed by atoms with van der Waals surface area (Å²) in [7, 11) is 1.48. The number of urea groups is 1. The highest BCUT2D eigenvalue weighted by Crippen LogP contribution is 2.22. The Kier molecular flexibility index (Phi) is 4.79. The molecule has 0 saturated heterocycles. The maximum atomic E-state index is 13.6. The Morgan fingerprint density at radius 3 is 2.70 bits per heavy atom. The van der Waals surface area contributed by atoms with Gasteiger partial charge in [-0.15, -0.1) is 0 Å². The Balaban J connectivity index is 1.91. The van der Waals surface area contributed by atoms with Crippen LogP contribution in [0.2, 0.25) is 0 Å². The van der Waals surface area contributed by atoms with Crippen LogP contribution >= 0.6 is 0 Å². The zero-order valence-corrected chi connectivity index (χ0v) is 11.4. The zero-order valence-electron chi connectivity index (χ0n) is 11.4. The lowest BCUT2D eigenvalue weighted by Crippen LogP contribution is -2.41. The van der Waals surface area contributed by atoms with E-state index < -0.39 is 11.8 Å². The molecule has 0 heterocycles. The summed E-state index contributed by atoms with van der Waals surface area (Å²) >= 11 is 0. The third-order valence-electron chi connectivity index (χ3n) is 3.45. The highest BCUT2D eigenvalue weighted by atomic mass is 19.1. The molecule has 6 heteroatoms. The maximum absolute atomic E-state index is 13.6. The molecule has 1 fully saturated rings. The Morgan fingerprint density at radius 1 is 1.35 bits per heavy atom. The van der Waals surface area contributed by atoms with Gasteiger partial charge in [-0.25, -0.2) is 9.18 Å². The molecule has 1 aromatic rings. The summed E-state index contributed by atoms with van der Waals surface area (Å²) in [5.74, 6) is -0.0393. The second-order valence-corrected chi connectivity index (χ2v) is 4.95. The first-order valence-corrected chi connectivity index (χ1v) is 6.67. The molecule has 1 aromatic carbocycles. The van der Waals surface area contributed by atoms with Crippen LogP contribution in [0.1, 0.15) is 25.7 Å². The van der Waals surface area contributed by atoms with E-state index in [0.717, 1.165) is 12.8 Å². The molecule has 1 saturated carbocycles. The fourth-order valence-corrected chi connectivity index (χ4v) is 2.29. The van der Waals surface area contributed by atoms with Crippen molar-refractivity contribution in [2.75, 3.05) is 12.4 Å². The largest absolute Gasteiger partial charge is 0.497 e. The lowest BCUT2D eigenvalue weighted by atomic mass is 9.93. The number of ether oxygens (including phenoxy) is 1. The van der Waals surface area contributed by atoms with Crippen molar-refractivity contribution >= 4 is 11.7 Å². The molecule has 2 amide bonds. The van der Waals surface area contributed by atoms with Crippen LogP contribution in [0, 0.1) is 5.82 Å². The van der Waals surface area contributed by atoms with Crippen molar-refractivity contribution in [1.82, 2.24) is 5.32 Å². The van der Waals surface area contributed by atoms with Crippen LogP contribution in [0.25, 0.3) is 0 Å². The van der Waals surface area contributed by atoms with Crippen LogP contribution in [-0.2, 0) is 0 Å². The number of amides is 2. The first-order chi connectivity index (χ1) is 9.58. The number of carbonyl (C=O) groups is 1. The Bertz CT molecular complexity index is 473. The molecule has 0 bridgehead atoms. The van der Waals surface area contributed by atoms with Crippen LogP contribution in [0.5, 0.6) is 5.75 Å². The molecule has 2 rings (SSSR count). The van der Waals surface area contributed by atoms with Crippen molar-refractivity contribution in [3.8, 4) is 5.75 Å². The number of rotatable bonds is 3. The SMILES string of the molecule is COc1ccc(F)c(NC(=O)NC2CCC(O)CC2)c1. The molecule has 0 atom stereocenters. The topological polar surface area (TPSA) is 70.6 Å². The first-order valence-electron chi connectivity index (χ1n) is 6.67. The quantitative estimate of drug-likeness (QED) is 0.796. The molecular formula is C14H19FN2O3. The van der Waals surface area contributed by atoms with Gasteiger partial charge < -0.3 is 20.5 Å². The number of anilines is 1. The van der Waals surface area contributed by atoms with E-state index in [1.165, 1.54) is 25.3 Å². The van der Waals surface area contributed by atoms with E-state index in [1.807, 2.05) is 0 Å². The number of benzene rings is 1. The van der Waals surface area contributed by atoms with Crippen molar-refractivity contribution in [3.05, 3.63) is 24.0 Å². The summed E-state index contributed by atoms with van der Waals surface area (Å²) in [5.41, 5.74) is 0.0812. The fraction of sp³-hybridized carbons (Fsp3) is 0.500. The Hall–Kier alpha value is -1.82. The minimum absolute atomic E-state index is 0.0204. The summed E-state index contributed by atoms with van der Waals surface area (Å²) in [5, 5.41) is 14.7. The standard InChI is InChI=1S/C14H19FN2O3/c1-20-11-6-7-12(15)13(8-11)17-14(19)16-9-2-4-10(18)5-3-9/h6-10,18H,2-5H2,1H3,(H2,16,17,19). The van der Waals surface area contributed by atoms with Crippen molar-refractivity contribution < 1.29 is 19.0 Å². The average molecular weight is 282 g/mol. The van der Waals surface area contributed by atoms with Crippen LogP contribution in [0.4, 0.5) is 14.9 Å². The number of hydrogen-bond donors (Lipinski definition) is 3. The molecule has 0 radical (unpaired) electrons. The highest BCUT2D eigenvalue weighted by Gasteiger charge is 2.21. The van der Waals surface area contributed by atoms with Crippen molar-refractivity contribution in [2.45, 2.75) is 37.8 Å². The summed E-state index contributed by atoms with van der Waals surface area (Å²) in [6, 6.07) is 3.73. The van der Waals surface area contributed by atoms with Gasteiger partial charge in [-0.2, -0.15) is 0 Å². The number of methoxy groups -OCH3 is 1. The third kappa shape index (κ3) is 3.84. The first kappa shape index (κ1) is 14.6. The Morgan fingerprint density at radius 2 is 2.05 bits per heavy atom. The number of nitrogens with one attached hydrogen (secondary N) is 2. The van der Waals surface area contributed by atoms with Crippen LogP contribution < -0.4 is 15.4 Å². The van der Waals surface area contributed by atoms with Gasteiger partial charge in [-0.05, 0) is 37.8 Å². The molecule has 0 spiro atoms. The average Bonchev–Trinajstić information content (AvgIpc) is 2.44. The van der Waals surface area contributed by atoms with Crippen LogP contribution in [0.15, 0.2) is 18.2 Å². The molecule has 110 valence electrons. The third-order valence-corrected chi connectivity index (χ3v) is 3.45. The highest BCUT2D eigenvalue weighted by molar-refractivity contribution is 5.89. The van der Waals surface area contributed by atoms with Gasteiger partial charge >= 0.3 is 6.03 Å². The Labute approximate surface area is 117 Å². The zero-order chi connectivity index (χ0) is 14.5. The van der Waals surface area contributed by atoms with Gasteiger partial charge in [0.2, 0.25) is 0 Å². The monoisotopic (exact) mass is 282 g/mol. The minimum Gasteiger partial charge on any atom is -0.497 e. The van der Waals surface area contributed by atoms with E-state index in [4.69, 9.17) is 4.74 Å². The van der Waals surface area contributed by atoms with Crippen molar-refractivity contribution in [1.29, 1.82) is 0 Å². The molecule has 20 heavy (non-hydrogen) atoms. The van der Waals surface area contributed by atoms with Gasteiger partial charge in [0, 0.05) is 12.1 Å². The number of aliphatic hydroxyl groups is 1. The maximum Gasteiger partial charge on any atom is 0.319 e. The summed E-state index contributed by atoms with van der Waals surface area (Å²) in [4.78, 5) is 11.8. The van der Waals surface area contributed by atoms with E-state index in [9.17, 15) is 14.3 Å². The van der Waals surface area contributed by atoms with E-state index in [-0.39, 0.29) is 17.8 Å². The van der Waals surface area contributed by atoms with Gasteiger partial charge in [0.15, 0.2) is 0 Å². The predicted molar refractivity (Wildman–Crippen MR) is 73.4 cm³/mol. The minimum atomic E-state index is -0.514. The van der Waals surface area contributed by atoms with E-state index in [0.29, 0.717) is 18.6 Å². The second-order valence-electron chi connectivity index (χ2n) is 4.95. The number of aliphatic hydroxyl groups excluding tert-OH is 1. The van der Waals surface area contributed by atoms with E-state index in [1.54, 1.807) is 0 Å². The molecule has 1 aliphatic carbocycles. The van der Waals surface area contributed by atoms with Gasteiger partial charge in [-0.1, -0.05) is 0 Å². The molecule has 1 aliphatic rings. The molecule has 5 nitrogen and oxygen atoms in total. The lowest BCUT2D eigenvalue weighted by Gasteiger charge is -2.26. The van der Waals surface area contributed by atoms with Crippen LogP contribution in [-0.4, -0.2) is 30.4 Å².